The third-order valence-corrected chi connectivity index (χ3v) is 5.21. The van der Waals surface area contributed by atoms with E-state index in [4.69, 9.17) is 0 Å². The summed E-state index contributed by atoms with van der Waals surface area (Å²) >= 11 is 0. The molecule has 1 aliphatic carbocycles. The van der Waals surface area contributed by atoms with Gasteiger partial charge in [-0.1, -0.05) is 41.0 Å². The third kappa shape index (κ3) is 2.95. The van der Waals surface area contributed by atoms with E-state index in [0.717, 1.165) is 12.8 Å². The van der Waals surface area contributed by atoms with Gasteiger partial charge in [-0.15, -0.1) is 0 Å². The molecule has 0 radical (unpaired) electrons. The molecule has 0 spiro atoms. The molecule has 1 saturated carbocycles. The number of aliphatic carboxylic acids is 2. The van der Waals surface area contributed by atoms with E-state index in [1.165, 1.54) is 0 Å². The van der Waals surface area contributed by atoms with Crippen molar-refractivity contribution < 1.29 is 19.8 Å². The quantitative estimate of drug-likeness (QED) is 0.776. The van der Waals surface area contributed by atoms with E-state index in [1.807, 2.05) is 34.6 Å². The molecule has 4 heteroatoms. The molecule has 0 aromatic carbocycles. The van der Waals surface area contributed by atoms with Gasteiger partial charge >= 0.3 is 11.9 Å². The maximum atomic E-state index is 12.3. The van der Waals surface area contributed by atoms with Crippen LogP contribution < -0.4 is 0 Å². The first-order chi connectivity index (χ1) is 9.60. The van der Waals surface area contributed by atoms with Gasteiger partial charge in [0, 0.05) is 0 Å². The zero-order chi connectivity index (χ0) is 16.4. The molecular formula is C17H30O4. The summed E-state index contributed by atoms with van der Waals surface area (Å²) < 4.78 is 0. The Kier molecular flexibility index (Phi) is 5.46. The molecule has 0 amide bonds. The summed E-state index contributed by atoms with van der Waals surface area (Å²) in [5.74, 6) is -1.64. The molecule has 1 aliphatic rings. The van der Waals surface area contributed by atoms with Gasteiger partial charge in [0.05, 0.1) is 10.8 Å². The molecular weight excluding hydrogens is 268 g/mol. The summed E-state index contributed by atoms with van der Waals surface area (Å²) in [5, 5.41) is 20.0. The van der Waals surface area contributed by atoms with E-state index in [2.05, 4.69) is 0 Å². The number of carboxylic acid groups (broad SMARTS) is 2. The van der Waals surface area contributed by atoms with Crippen LogP contribution in [0.4, 0.5) is 0 Å². The highest BCUT2D eigenvalue weighted by molar-refractivity contribution is 5.87. The van der Waals surface area contributed by atoms with Crippen molar-refractivity contribution in [1.29, 1.82) is 0 Å². The maximum absolute atomic E-state index is 12.3. The van der Waals surface area contributed by atoms with E-state index in [0.29, 0.717) is 19.3 Å². The average Bonchev–Trinajstić information content (AvgIpc) is 2.31. The minimum absolute atomic E-state index is 0.110. The molecule has 0 heterocycles. The minimum atomic E-state index is -1.16. The topological polar surface area (TPSA) is 74.6 Å². The Balaban J connectivity index is 3.51. The highest BCUT2D eigenvalue weighted by atomic mass is 16.4. The van der Waals surface area contributed by atoms with Crippen molar-refractivity contribution in [2.45, 2.75) is 66.7 Å². The zero-order valence-corrected chi connectivity index (χ0v) is 14.0. The van der Waals surface area contributed by atoms with Crippen LogP contribution in [0, 0.1) is 28.6 Å². The van der Waals surface area contributed by atoms with Crippen molar-refractivity contribution in [3.05, 3.63) is 0 Å². The molecule has 1 rings (SSSR count). The van der Waals surface area contributed by atoms with Crippen LogP contribution in [0.1, 0.15) is 66.7 Å². The highest BCUT2D eigenvalue weighted by Gasteiger charge is 2.64. The van der Waals surface area contributed by atoms with E-state index >= 15 is 0 Å². The SMILES string of the molecule is CC(C)CC1(C(=O)O)CCCC(C)C1(CC(C)C)C(=O)O. The Morgan fingerprint density at radius 1 is 1.05 bits per heavy atom. The first kappa shape index (κ1) is 18.0. The van der Waals surface area contributed by atoms with Gasteiger partial charge < -0.3 is 10.2 Å². The van der Waals surface area contributed by atoms with Gasteiger partial charge in [-0.3, -0.25) is 9.59 Å². The van der Waals surface area contributed by atoms with Gasteiger partial charge in [0.25, 0.3) is 0 Å². The van der Waals surface area contributed by atoms with Crippen molar-refractivity contribution in [3.8, 4) is 0 Å². The standard InChI is InChI=1S/C17H30O4/c1-11(2)9-16(14(18)19)8-6-7-13(5)17(16,15(20)21)10-12(3)4/h11-13H,6-10H2,1-5H3,(H,18,19)(H,20,21). The molecule has 0 saturated heterocycles. The Labute approximate surface area is 127 Å². The molecule has 0 aliphatic heterocycles. The Morgan fingerprint density at radius 2 is 1.57 bits per heavy atom. The summed E-state index contributed by atoms with van der Waals surface area (Å²) in [6.07, 6.45) is 2.94. The average molecular weight is 298 g/mol. The van der Waals surface area contributed by atoms with Crippen LogP contribution >= 0.6 is 0 Å². The minimum Gasteiger partial charge on any atom is -0.481 e. The lowest BCUT2D eigenvalue weighted by atomic mass is 9.47. The number of carboxylic acids is 2. The highest BCUT2D eigenvalue weighted by Crippen LogP contribution is 2.60. The molecule has 4 nitrogen and oxygen atoms in total. The lowest BCUT2D eigenvalue weighted by Crippen LogP contribution is -2.59. The van der Waals surface area contributed by atoms with Crippen LogP contribution in [-0.2, 0) is 9.59 Å². The van der Waals surface area contributed by atoms with E-state index in [9.17, 15) is 19.8 Å². The molecule has 21 heavy (non-hydrogen) atoms. The van der Waals surface area contributed by atoms with Gasteiger partial charge in [-0.25, -0.2) is 0 Å². The fourth-order valence-electron chi connectivity index (χ4n) is 4.56. The van der Waals surface area contributed by atoms with Gasteiger partial charge in [-0.05, 0) is 43.4 Å². The number of hydrogen-bond donors (Lipinski definition) is 2. The molecule has 1 fully saturated rings. The molecule has 0 bridgehead atoms. The second-order valence-corrected chi connectivity index (χ2v) is 7.65. The lowest BCUT2D eigenvalue weighted by molar-refractivity contribution is -0.191. The monoisotopic (exact) mass is 298 g/mol. The Bertz CT molecular complexity index is 402. The van der Waals surface area contributed by atoms with Gasteiger partial charge in [-0.2, -0.15) is 0 Å². The smallest absolute Gasteiger partial charge is 0.311 e. The van der Waals surface area contributed by atoms with Crippen molar-refractivity contribution in [2.24, 2.45) is 28.6 Å². The van der Waals surface area contributed by atoms with Crippen LogP contribution in [-0.4, -0.2) is 22.2 Å². The predicted molar refractivity (Wildman–Crippen MR) is 82.1 cm³/mol. The number of rotatable bonds is 6. The second kappa shape index (κ2) is 6.37. The largest absolute Gasteiger partial charge is 0.481 e. The Morgan fingerprint density at radius 3 is 1.95 bits per heavy atom. The van der Waals surface area contributed by atoms with Crippen LogP contribution in [0.2, 0.25) is 0 Å². The van der Waals surface area contributed by atoms with Crippen LogP contribution in [0.5, 0.6) is 0 Å². The molecule has 0 aromatic rings. The Hall–Kier alpha value is -1.06. The van der Waals surface area contributed by atoms with Gasteiger partial charge in [0.2, 0.25) is 0 Å². The zero-order valence-electron chi connectivity index (χ0n) is 14.0. The fraction of sp³-hybridized carbons (Fsp3) is 0.882. The van der Waals surface area contributed by atoms with E-state index in [1.54, 1.807) is 0 Å². The van der Waals surface area contributed by atoms with Crippen molar-refractivity contribution in [3.63, 3.8) is 0 Å². The first-order valence-corrected chi connectivity index (χ1v) is 8.07. The van der Waals surface area contributed by atoms with Crippen LogP contribution in [0.3, 0.4) is 0 Å². The summed E-state index contributed by atoms with van der Waals surface area (Å²) in [4.78, 5) is 24.5. The van der Waals surface area contributed by atoms with Crippen molar-refractivity contribution >= 4 is 11.9 Å². The first-order valence-electron chi connectivity index (χ1n) is 8.07. The van der Waals surface area contributed by atoms with Gasteiger partial charge in [0.15, 0.2) is 0 Å². The number of carbonyl (C=O) groups is 2. The summed E-state index contributed by atoms with van der Waals surface area (Å²) in [6, 6.07) is 0. The normalized spacial score (nSPS) is 33.4. The third-order valence-electron chi connectivity index (χ3n) is 5.21. The van der Waals surface area contributed by atoms with Crippen molar-refractivity contribution in [1.82, 2.24) is 0 Å². The molecule has 3 atom stereocenters. The molecule has 122 valence electrons. The summed E-state index contributed by atoms with van der Waals surface area (Å²) in [6.45, 7) is 9.84. The van der Waals surface area contributed by atoms with Crippen LogP contribution in [0.15, 0.2) is 0 Å². The molecule has 0 aromatic heterocycles. The predicted octanol–water partition coefficient (Wildman–Crippen LogP) is 4.04. The van der Waals surface area contributed by atoms with Crippen LogP contribution in [0.25, 0.3) is 0 Å². The van der Waals surface area contributed by atoms with Crippen molar-refractivity contribution in [2.75, 3.05) is 0 Å². The summed E-state index contributed by atoms with van der Waals surface area (Å²) in [5.41, 5.74) is -2.30. The van der Waals surface area contributed by atoms with Gasteiger partial charge in [0.1, 0.15) is 0 Å². The second-order valence-electron chi connectivity index (χ2n) is 7.65. The van der Waals surface area contributed by atoms with E-state index in [-0.39, 0.29) is 17.8 Å². The lowest BCUT2D eigenvalue weighted by Gasteiger charge is -2.53. The fourth-order valence-corrected chi connectivity index (χ4v) is 4.56. The number of hydrogen-bond acceptors (Lipinski definition) is 2. The maximum Gasteiger partial charge on any atom is 0.311 e. The molecule has 2 N–H and O–H groups in total. The summed E-state index contributed by atoms with van der Waals surface area (Å²) in [7, 11) is 0. The molecule has 3 unspecified atom stereocenters. The van der Waals surface area contributed by atoms with E-state index < -0.39 is 22.8 Å².